The molecule has 4 nitrogen and oxygen atoms in total. The summed E-state index contributed by atoms with van der Waals surface area (Å²) in [6, 6.07) is 11.0. The molecular formula is C12H9N3O. The van der Waals surface area contributed by atoms with Crippen LogP contribution in [0.25, 0.3) is 0 Å². The van der Waals surface area contributed by atoms with Gasteiger partial charge in [0.2, 0.25) is 5.90 Å². The Morgan fingerprint density at radius 1 is 1.19 bits per heavy atom. The number of ether oxygens (including phenoxy) is 1. The highest BCUT2D eigenvalue weighted by Crippen LogP contribution is 2.16. The fraction of sp³-hybridized carbons (Fsp3) is 0.250. The Morgan fingerprint density at radius 2 is 1.88 bits per heavy atom. The highest BCUT2D eigenvalue weighted by molar-refractivity contribution is 5.94. The van der Waals surface area contributed by atoms with Gasteiger partial charge >= 0.3 is 0 Å². The second kappa shape index (κ2) is 4.46. The van der Waals surface area contributed by atoms with Gasteiger partial charge in [-0.15, -0.1) is 0 Å². The van der Waals surface area contributed by atoms with E-state index in [4.69, 9.17) is 15.3 Å². The number of aliphatic imine (C=N–C) groups is 1. The lowest BCUT2D eigenvalue weighted by Crippen LogP contribution is -2.01. The lowest BCUT2D eigenvalue weighted by Gasteiger charge is -2.03. The van der Waals surface area contributed by atoms with Crippen LogP contribution in [0.2, 0.25) is 0 Å². The maximum atomic E-state index is 8.74. The normalized spacial score (nSPS) is 13.8. The topological polar surface area (TPSA) is 69.2 Å². The highest BCUT2D eigenvalue weighted by Gasteiger charge is 2.12. The van der Waals surface area contributed by atoms with Crippen LogP contribution in [0.5, 0.6) is 0 Å². The Balaban J connectivity index is 2.23. The molecule has 1 aromatic carbocycles. The van der Waals surface area contributed by atoms with Gasteiger partial charge in [-0.25, -0.2) is 4.99 Å². The van der Waals surface area contributed by atoms with Crippen LogP contribution in [0, 0.1) is 22.7 Å². The van der Waals surface area contributed by atoms with Crippen LogP contribution in [-0.2, 0) is 4.74 Å². The minimum atomic E-state index is -0.708. The second-order valence-corrected chi connectivity index (χ2v) is 3.35. The van der Waals surface area contributed by atoms with Gasteiger partial charge in [0.05, 0.1) is 18.7 Å². The zero-order valence-electron chi connectivity index (χ0n) is 8.55. The van der Waals surface area contributed by atoms with E-state index in [0.29, 0.717) is 24.6 Å². The van der Waals surface area contributed by atoms with E-state index in [1.54, 1.807) is 12.1 Å². The van der Waals surface area contributed by atoms with Crippen molar-refractivity contribution in [2.75, 3.05) is 13.2 Å². The van der Waals surface area contributed by atoms with Gasteiger partial charge in [0.1, 0.15) is 6.61 Å². The average Bonchev–Trinajstić information content (AvgIpc) is 2.85. The van der Waals surface area contributed by atoms with Crippen LogP contribution in [-0.4, -0.2) is 19.0 Å². The smallest absolute Gasteiger partial charge is 0.216 e. The standard InChI is InChI=1S/C12H9N3O/c13-7-11(8-14)9-1-3-10(4-2-9)12-15-5-6-16-12/h1-4,11H,5-6H2. The SMILES string of the molecule is N#CC(C#N)c1ccc(C2=NCCO2)cc1. The van der Waals surface area contributed by atoms with Crippen LogP contribution >= 0.6 is 0 Å². The van der Waals surface area contributed by atoms with Gasteiger partial charge in [-0.2, -0.15) is 10.5 Å². The number of rotatable bonds is 2. The molecule has 0 atom stereocenters. The number of benzene rings is 1. The highest BCUT2D eigenvalue weighted by atomic mass is 16.5. The van der Waals surface area contributed by atoms with E-state index in [1.165, 1.54) is 0 Å². The van der Waals surface area contributed by atoms with E-state index in [2.05, 4.69) is 4.99 Å². The number of hydrogen-bond donors (Lipinski definition) is 0. The molecule has 1 aromatic rings. The first kappa shape index (κ1) is 10.2. The Bertz CT molecular complexity index is 476. The first-order chi connectivity index (χ1) is 7.85. The lowest BCUT2D eigenvalue weighted by molar-refractivity contribution is 0.348. The van der Waals surface area contributed by atoms with E-state index in [-0.39, 0.29) is 0 Å². The Morgan fingerprint density at radius 3 is 2.38 bits per heavy atom. The summed E-state index contributed by atoms with van der Waals surface area (Å²) in [6.07, 6.45) is 0. The molecule has 0 radical (unpaired) electrons. The first-order valence-corrected chi connectivity index (χ1v) is 4.92. The lowest BCUT2D eigenvalue weighted by atomic mass is 10.0. The number of nitrogens with zero attached hydrogens (tertiary/aromatic N) is 3. The second-order valence-electron chi connectivity index (χ2n) is 3.35. The van der Waals surface area contributed by atoms with Crippen molar-refractivity contribution in [2.24, 2.45) is 4.99 Å². The molecule has 2 rings (SSSR count). The van der Waals surface area contributed by atoms with Crippen LogP contribution in [0.1, 0.15) is 17.0 Å². The molecule has 1 aliphatic heterocycles. The van der Waals surface area contributed by atoms with Gasteiger partial charge < -0.3 is 4.74 Å². The third-order valence-corrected chi connectivity index (χ3v) is 2.33. The third kappa shape index (κ3) is 1.87. The quantitative estimate of drug-likeness (QED) is 0.745. The maximum absolute atomic E-state index is 8.74. The van der Waals surface area contributed by atoms with E-state index in [0.717, 1.165) is 5.56 Å². The van der Waals surface area contributed by atoms with Crippen molar-refractivity contribution >= 4 is 5.90 Å². The van der Waals surface area contributed by atoms with Gasteiger partial charge in [-0.3, -0.25) is 0 Å². The largest absolute Gasteiger partial charge is 0.476 e. The molecular weight excluding hydrogens is 202 g/mol. The summed E-state index contributed by atoms with van der Waals surface area (Å²) >= 11 is 0. The van der Waals surface area contributed by atoms with Crippen LogP contribution in [0.4, 0.5) is 0 Å². The molecule has 0 spiro atoms. The molecule has 0 amide bonds. The third-order valence-electron chi connectivity index (χ3n) is 2.33. The Kier molecular flexibility index (Phi) is 2.84. The maximum Gasteiger partial charge on any atom is 0.216 e. The summed E-state index contributed by atoms with van der Waals surface area (Å²) in [5, 5.41) is 17.5. The molecule has 4 heteroatoms. The van der Waals surface area contributed by atoms with Crippen molar-refractivity contribution in [1.29, 1.82) is 10.5 Å². The molecule has 0 saturated carbocycles. The molecule has 0 N–H and O–H groups in total. The van der Waals surface area contributed by atoms with Crippen LogP contribution in [0.3, 0.4) is 0 Å². The van der Waals surface area contributed by atoms with E-state index in [9.17, 15) is 0 Å². The monoisotopic (exact) mass is 211 g/mol. The number of nitriles is 2. The summed E-state index contributed by atoms with van der Waals surface area (Å²) in [6.45, 7) is 1.31. The zero-order chi connectivity index (χ0) is 11.4. The van der Waals surface area contributed by atoms with E-state index >= 15 is 0 Å². The zero-order valence-corrected chi connectivity index (χ0v) is 8.55. The van der Waals surface area contributed by atoms with Gasteiger partial charge in [0.15, 0.2) is 5.92 Å². The van der Waals surface area contributed by atoms with Gasteiger partial charge in [0, 0.05) is 5.56 Å². The fourth-order valence-electron chi connectivity index (χ4n) is 1.51. The van der Waals surface area contributed by atoms with E-state index in [1.807, 2.05) is 24.3 Å². The Hall–Kier alpha value is -2.33. The van der Waals surface area contributed by atoms with Crippen molar-refractivity contribution < 1.29 is 4.74 Å². The summed E-state index contributed by atoms with van der Waals surface area (Å²) < 4.78 is 5.31. The number of hydrogen-bond acceptors (Lipinski definition) is 4. The molecule has 0 saturated heterocycles. The molecule has 1 aliphatic rings. The van der Waals surface area contributed by atoms with Gasteiger partial charge in [0.25, 0.3) is 0 Å². The van der Waals surface area contributed by atoms with Crippen molar-refractivity contribution in [3.63, 3.8) is 0 Å². The summed E-state index contributed by atoms with van der Waals surface area (Å²) in [4.78, 5) is 4.19. The summed E-state index contributed by atoms with van der Waals surface area (Å²) in [5.41, 5.74) is 1.59. The average molecular weight is 211 g/mol. The fourth-order valence-corrected chi connectivity index (χ4v) is 1.51. The van der Waals surface area contributed by atoms with Gasteiger partial charge in [-0.1, -0.05) is 12.1 Å². The molecule has 0 aromatic heterocycles. The van der Waals surface area contributed by atoms with Gasteiger partial charge in [-0.05, 0) is 17.7 Å². The minimum absolute atomic E-state index is 0.621. The van der Waals surface area contributed by atoms with Crippen molar-refractivity contribution in [3.05, 3.63) is 35.4 Å². The summed E-state index contributed by atoms with van der Waals surface area (Å²) in [7, 11) is 0. The van der Waals surface area contributed by atoms with E-state index < -0.39 is 5.92 Å². The molecule has 16 heavy (non-hydrogen) atoms. The van der Waals surface area contributed by atoms with Crippen molar-refractivity contribution in [2.45, 2.75) is 5.92 Å². The Labute approximate surface area is 93.4 Å². The molecule has 1 heterocycles. The molecule has 0 aliphatic carbocycles. The summed E-state index contributed by atoms with van der Waals surface area (Å²) in [5.74, 6) is -0.0718. The van der Waals surface area contributed by atoms with Crippen LogP contribution in [0.15, 0.2) is 29.3 Å². The molecule has 0 fully saturated rings. The van der Waals surface area contributed by atoms with Crippen molar-refractivity contribution in [1.82, 2.24) is 0 Å². The predicted molar refractivity (Wildman–Crippen MR) is 57.8 cm³/mol. The molecule has 78 valence electrons. The van der Waals surface area contributed by atoms with Crippen LogP contribution < -0.4 is 0 Å². The molecule has 0 bridgehead atoms. The predicted octanol–water partition coefficient (Wildman–Crippen LogP) is 1.59. The minimum Gasteiger partial charge on any atom is -0.476 e. The molecule has 0 unspecified atom stereocenters. The van der Waals surface area contributed by atoms with Crippen molar-refractivity contribution in [3.8, 4) is 12.1 Å². The first-order valence-electron chi connectivity index (χ1n) is 4.92.